The fraction of sp³-hybridized carbons (Fsp3) is 0.100. The van der Waals surface area contributed by atoms with Crippen molar-refractivity contribution in [2.45, 2.75) is 6.92 Å². The summed E-state index contributed by atoms with van der Waals surface area (Å²) in [7, 11) is 1.60. The van der Waals surface area contributed by atoms with Crippen LogP contribution in [0, 0.1) is 0 Å². The molecule has 0 radical (unpaired) electrons. The number of nitrogens with one attached hydrogen (secondary N) is 3. The minimum absolute atomic E-state index is 0.291. The highest BCUT2D eigenvalue weighted by atomic mass is 16.7. The van der Waals surface area contributed by atoms with E-state index < -0.39 is 0 Å². The number of hydroxylamine groups is 1. The van der Waals surface area contributed by atoms with Gasteiger partial charge in [-0.25, -0.2) is 0 Å². The number of benzene rings is 2. The lowest BCUT2D eigenvalue weighted by Gasteiger charge is -2.10. The Balaban J connectivity index is 1.75. The summed E-state index contributed by atoms with van der Waals surface area (Å²) in [5, 5.41) is 8.58. The molecule has 7 nitrogen and oxygen atoms in total. The second-order valence-electron chi connectivity index (χ2n) is 6.04. The first kappa shape index (κ1) is 16.7. The number of methoxy groups -OCH3 is 1. The van der Waals surface area contributed by atoms with Crippen LogP contribution in [0.15, 0.2) is 54.7 Å². The first-order valence-electron chi connectivity index (χ1n) is 8.39. The van der Waals surface area contributed by atoms with Gasteiger partial charge in [0, 0.05) is 35.2 Å². The van der Waals surface area contributed by atoms with Gasteiger partial charge in [-0.15, -0.1) is 0 Å². The van der Waals surface area contributed by atoms with E-state index in [4.69, 9.17) is 9.57 Å². The van der Waals surface area contributed by atoms with E-state index in [0.717, 1.165) is 33.4 Å². The highest BCUT2D eigenvalue weighted by molar-refractivity contribution is 5.95. The molecule has 27 heavy (non-hydrogen) atoms. The zero-order chi connectivity index (χ0) is 18.8. The number of fused-ring (bicyclic) bond motifs is 1. The number of amides is 1. The van der Waals surface area contributed by atoms with Crippen molar-refractivity contribution in [2.24, 2.45) is 0 Å². The summed E-state index contributed by atoms with van der Waals surface area (Å²) < 4.78 is 5.31. The molecule has 2 aromatic heterocycles. The molecular weight excluding hydrogens is 344 g/mol. The molecule has 0 fully saturated rings. The van der Waals surface area contributed by atoms with E-state index in [0.29, 0.717) is 11.5 Å². The number of carbonyl (C=O) groups is 1. The van der Waals surface area contributed by atoms with Gasteiger partial charge in [-0.2, -0.15) is 10.6 Å². The van der Waals surface area contributed by atoms with Crippen LogP contribution in [-0.4, -0.2) is 28.2 Å². The van der Waals surface area contributed by atoms with Crippen LogP contribution in [0.4, 0.5) is 0 Å². The maximum atomic E-state index is 11.2. The van der Waals surface area contributed by atoms with Crippen molar-refractivity contribution >= 4 is 16.8 Å². The van der Waals surface area contributed by atoms with Gasteiger partial charge in [0.1, 0.15) is 5.75 Å². The molecule has 0 saturated carbocycles. The number of nitrogens with zero attached hydrogens (tertiary/aromatic N) is 1. The molecule has 0 bridgehead atoms. The molecule has 2 heterocycles. The number of aromatic amines is 2. The average Bonchev–Trinajstić information content (AvgIpc) is 3.33. The number of hydrogen-bond acceptors (Lipinski definition) is 4. The van der Waals surface area contributed by atoms with Crippen LogP contribution >= 0.6 is 0 Å². The number of hydrogen-bond donors (Lipinski definition) is 3. The standard InChI is InChI=1S/C20H18N4O3/c1-12(25)24-27-20-8-7-13(26-2)9-15(20)18-10-19(23-22-18)16-11-21-17-6-4-3-5-14(16)17/h3-11,21H,1-2H3,(H,22,23)(H,24,25). The third-order valence-corrected chi connectivity index (χ3v) is 4.22. The molecule has 4 aromatic rings. The fourth-order valence-electron chi connectivity index (χ4n) is 2.94. The normalized spacial score (nSPS) is 10.7. The SMILES string of the molecule is COc1ccc(ONC(C)=O)c(-c2cc(-c3c[nH]c4ccccc34)n[nH]2)c1. The summed E-state index contributed by atoms with van der Waals surface area (Å²) in [5.74, 6) is 0.865. The van der Waals surface area contributed by atoms with Crippen LogP contribution in [0.2, 0.25) is 0 Å². The molecule has 2 aromatic carbocycles. The zero-order valence-electron chi connectivity index (χ0n) is 14.9. The maximum Gasteiger partial charge on any atom is 0.249 e. The van der Waals surface area contributed by atoms with E-state index in [9.17, 15) is 4.79 Å². The Labute approximate surface area is 155 Å². The lowest BCUT2D eigenvalue weighted by atomic mass is 10.1. The minimum Gasteiger partial charge on any atom is -0.497 e. The Morgan fingerprint density at radius 2 is 1.96 bits per heavy atom. The van der Waals surface area contributed by atoms with E-state index in [1.165, 1.54) is 6.92 Å². The van der Waals surface area contributed by atoms with Crippen molar-refractivity contribution in [3.8, 4) is 34.0 Å². The highest BCUT2D eigenvalue weighted by Crippen LogP contribution is 2.35. The Kier molecular flexibility index (Phi) is 4.25. The van der Waals surface area contributed by atoms with Gasteiger partial charge in [-0.3, -0.25) is 9.89 Å². The van der Waals surface area contributed by atoms with Crippen LogP contribution in [0.25, 0.3) is 33.4 Å². The molecule has 0 spiro atoms. The molecule has 0 atom stereocenters. The predicted molar refractivity (Wildman–Crippen MR) is 102 cm³/mol. The molecule has 0 aliphatic carbocycles. The fourth-order valence-corrected chi connectivity index (χ4v) is 2.94. The van der Waals surface area contributed by atoms with Crippen LogP contribution in [0.3, 0.4) is 0 Å². The van der Waals surface area contributed by atoms with E-state index >= 15 is 0 Å². The van der Waals surface area contributed by atoms with Crippen molar-refractivity contribution in [3.63, 3.8) is 0 Å². The van der Waals surface area contributed by atoms with Crippen molar-refractivity contribution < 1.29 is 14.4 Å². The summed E-state index contributed by atoms with van der Waals surface area (Å²) in [6.45, 7) is 1.38. The molecule has 1 amide bonds. The monoisotopic (exact) mass is 362 g/mol. The smallest absolute Gasteiger partial charge is 0.249 e. The molecule has 136 valence electrons. The molecule has 0 aliphatic rings. The molecule has 0 saturated heterocycles. The first-order valence-corrected chi connectivity index (χ1v) is 8.39. The van der Waals surface area contributed by atoms with Gasteiger partial charge < -0.3 is 14.6 Å². The number of rotatable bonds is 5. The van der Waals surface area contributed by atoms with Crippen molar-refractivity contribution in [1.29, 1.82) is 0 Å². The Morgan fingerprint density at radius 3 is 2.78 bits per heavy atom. The third-order valence-electron chi connectivity index (χ3n) is 4.22. The van der Waals surface area contributed by atoms with Gasteiger partial charge in [0.05, 0.1) is 18.5 Å². The van der Waals surface area contributed by atoms with Crippen molar-refractivity contribution in [1.82, 2.24) is 20.7 Å². The molecular formula is C20H18N4O3. The molecule has 4 rings (SSSR count). The topological polar surface area (TPSA) is 92.0 Å². The second-order valence-corrected chi connectivity index (χ2v) is 6.04. The van der Waals surface area contributed by atoms with E-state index in [2.05, 4.69) is 20.7 Å². The minimum atomic E-state index is -0.291. The summed E-state index contributed by atoms with van der Waals surface area (Å²) in [5.41, 5.74) is 6.67. The van der Waals surface area contributed by atoms with Crippen LogP contribution < -0.4 is 15.1 Å². The van der Waals surface area contributed by atoms with Crippen LogP contribution in [0.1, 0.15) is 6.92 Å². The third kappa shape index (κ3) is 3.22. The summed E-state index contributed by atoms with van der Waals surface area (Å²) in [6, 6.07) is 15.3. The van der Waals surface area contributed by atoms with Crippen molar-refractivity contribution in [3.05, 3.63) is 54.7 Å². The van der Waals surface area contributed by atoms with Crippen LogP contribution in [-0.2, 0) is 4.79 Å². The summed E-state index contributed by atoms with van der Waals surface area (Å²) >= 11 is 0. The predicted octanol–water partition coefficient (Wildman–Crippen LogP) is 3.66. The first-order chi connectivity index (χ1) is 13.2. The van der Waals surface area contributed by atoms with E-state index in [1.807, 2.05) is 42.6 Å². The Morgan fingerprint density at radius 1 is 1.11 bits per heavy atom. The van der Waals surface area contributed by atoms with Gasteiger partial charge >= 0.3 is 0 Å². The second kappa shape index (κ2) is 6.87. The Bertz CT molecular complexity index is 1110. The lowest BCUT2D eigenvalue weighted by molar-refractivity contribution is -0.125. The lowest BCUT2D eigenvalue weighted by Crippen LogP contribution is -2.24. The van der Waals surface area contributed by atoms with Crippen molar-refractivity contribution in [2.75, 3.05) is 7.11 Å². The molecule has 3 N–H and O–H groups in total. The number of para-hydroxylation sites is 1. The van der Waals surface area contributed by atoms with E-state index in [-0.39, 0.29) is 5.91 Å². The summed E-state index contributed by atoms with van der Waals surface area (Å²) in [6.07, 6.45) is 1.94. The maximum absolute atomic E-state index is 11.2. The molecule has 7 heteroatoms. The Hall–Kier alpha value is -3.74. The molecule has 0 unspecified atom stereocenters. The summed E-state index contributed by atoms with van der Waals surface area (Å²) in [4.78, 5) is 19.9. The van der Waals surface area contributed by atoms with Gasteiger partial charge in [-0.1, -0.05) is 18.2 Å². The number of ether oxygens (including phenoxy) is 1. The van der Waals surface area contributed by atoms with Gasteiger partial charge in [0.25, 0.3) is 0 Å². The van der Waals surface area contributed by atoms with Gasteiger partial charge in [0.15, 0.2) is 5.75 Å². The quantitative estimate of drug-likeness (QED) is 0.472. The number of carbonyl (C=O) groups excluding carboxylic acids is 1. The largest absolute Gasteiger partial charge is 0.497 e. The van der Waals surface area contributed by atoms with E-state index in [1.54, 1.807) is 19.2 Å². The van der Waals surface area contributed by atoms with Gasteiger partial charge in [-0.05, 0) is 30.3 Å². The number of aromatic nitrogens is 3. The number of H-pyrrole nitrogens is 2. The average molecular weight is 362 g/mol. The zero-order valence-corrected chi connectivity index (χ0v) is 14.9. The van der Waals surface area contributed by atoms with Crippen LogP contribution in [0.5, 0.6) is 11.5 Å². The molecule has 0 aliphatic heterocycles. The highest BCUT2D eigenvalue weighted by Gasteiger charge is 2.15. The van der Waals surface area contributed by atoms with Gasteiger partial charge in [0.2, 0.25) is 5.91 Å².